The van der Waals surface area contributed by atoms with E-state index in [4.69, 9.17) is 9.47 Å². The number of nitrogens with one attached hydrogen (secondary N) is 1. The molecule has 0 aromatic carbocycles. The maximum Gasteiger partial charge on any atom is 0.269 e. The summed E-state index contributed by atoms with van der Waals surface area (Å²) in [5.41, 5.74) is 1.01. The highest BCUT2D eigenvalue weighted by molar-refractivity contribution is 5.94. The Hall–Kier alpha value is -2.77. The van der Waals surface area contributed by atoms with Gasteiger partial charge in [-0.1, -0.05) is 6.92 Å². The van der Waals surface area contributed by atoms with Crippen LogP contribution in [0, 0.1) is 5.92 Å². The van der Waals surface area contributed by atoms with E-state index in [1.54, 1.807) is 18.2 Å². The lowest BCUT2D eigenvalue weighted by molar-refractivity contribution is 0.0908. The van der Waals surface area contributed by atoms with Crippen molar-refractivity contribution >= 4 is 5.91 Å². The molecule has 0 aliphatic heterocycles. The van der Waals surface area contributed by atoms with Crippen molar-refractivity contribution in [2.45, 2.75) is 57.4 Å². The van der Waals surface area contributed by atoms with E-state index in [9.17, 15) is 13.6 Å². The van der Waals surface area contributed by atoms with Crippen LogP contribution in [0.5, 0.6) is 11.8 Å². The molecule has 0 bridgehead atoms. The van der Waals surface area contributed by atoms with Gasteiger partial charge in [-0.25, -0.2) is 18.7 Å². The van der Waals surface area contributed by atoms with E-state index in [1.165, 1.54) is 26.6 Å². The smallest absolute Gasteiger partial charge is 0.269 e. The molecule has 1 aliphatic carbocycles. The van der Waals surface area contributed by atoms with E-state index in [-0.39, 0.29) is 29.3 Å². The molecule has 2 heterocycles. The van der Waals surface area contributed by atoms with Crippen molar-refractivity contribution in [3.8, 4) is 11.8 Å². The van der Waals surface area contributed by atoms with Crippen LogP contribution < -0.4 is 14.8 Å². The summed E-state index contributed by atoms with van der Waals surface area (Å²) >= 11 is 0. The van der Waals surface area contributed by atoms with E-state index < -0.39 is 6.43 Å². The Bertz CT molecular complexity index is 869. The number of aromatic nitrogens is 2. The van der Waals surface area contributed by atoms with Crippen LogP contribution in [-0.4, -0.2) is 36.1 Å². The number of methoxy groups -OCH3 is 2. The molecule has 1 N–H and O–H groups in total. The Labute approximate surface area is 181 Å². The van der Waals surface area contributed by atoms with Crippen LogP contribution in [0.2, 0.25) is 0 Å². The number of carbonyl (C=O) groups excluding carboxylic acids is 1. The van der Waals surface area contributed by atoms with Gasteiger partial charge in [-0.2, -0.15) is 0 Å². The fourth-order valence-electron chi connectivity index (χ4n) is 4.48. The second-order valence-corrected chi connectivity index (χ2v) is 7.81. The van der Waals surface area contributed by atoms with Gasteiger partial charge in [-0.15, -0.1) is 0 Å². The molecular weight excluding hydrogens is 404 g/mol. The predicted octanol–water partition coefficient (Wildman–Crippen LogP) is 4.91. The summed E-state index contributed by atoms with van der Waals surface area (Å²) in [5.74, 6) is 0.633. The number of hydrogen-bond donors (Lipinski definition) is 1. The molecule has 2 aromatic rings. The Balaban J connectivity index is 1.64. The molecule has 1 fully saturated rings. The average Bonchev–Trinajstić information content (AvgIpc) is 2.81. The van der Waals surface area contributed by atoms with Gasteiger partial charge < -0.3 is 14.8 Å². The highest BCUT2D eigenvalue weighted by Gasteiger charge is 2.32. The zero-order chi connectivity index (χ0) is 22.4. The van der Waals surface area contributed by atoms with Crippen molar-refractivity contribution in [3.63, 3.8) is 0 Å². The molecule has 31 heavy (non-hydrogen) atoms. The lowest BCUT2D eigenvalue weighted by Crippen LogP contribution is -2.41. The highest BCUT2D eigenvalue weighted by Crippen LogP contribution is 2.42. The van der Waals surface area contributed by atoms with Crippen molar-refractivity contribution in [1.82, 2.24) is 15.3 Å². The lowest BCUT2D eigenvalue weighted by atomic mass is 9.74. The number of carbonyl (C=O) groups is 1. The highest BCUT2D eigenvalue weighted by atomic mass is 19.3. The molecule has 0 unspecified atom stereocenters. The standard InChI is InChI=1S/C23H29F2N3O3/c1-4-18(28-22(29)16-9-10-19(30-2)27-13-16)15-7-5-14(6-8-15)17-11-12-26-23(31-3)20(17)21(24)25/h9-15,18,21H,4-8H2,1-3H3,(H,28,29)/t14-,15+,18-/m1/s1. The first-order valence-electron chi connectivity index (χ1n) is 10.6. The molecule has 0 spiro atoms. The van der Waals surface area contributed by atoms with Gasteiger partial charge in [-0.05, 0) is 61.6 Å². The molecule has 0 saturated heterocycles. The summed E-state index contributed by atoms with van der Waals surface area (Å²) in [5, 5.41) is 3.12. The first kappa shape index (κ1) is 22.9. The van der Waals surface area contributed by atoms with Crippen molar-refractivity contribution in [1.29, 1.82) is 0 Å². The van der Waals surface area contributed by atoms with E-state index >= 15 is 0 Å². The topological polar surface area (TPSA) is 73.3 Å². The molecular formula is C23H29F2N3O3. The molecule has 1 amide bonds. The third-order valence-corrected chi connectivity index (χ3v) is 6.14. The fourth-order valence-corrected chi connectivity index (χ4v) is 4.48. The van der Waals surface area contributed by atoms with Crippen LogP contribution >= 0.6 is 0 Å². The van der Waals surface area contributed by atoms with Gasteiger partial charge in [0.05, 0.1) is 25.3 Å². The quantitative estimate of drug-likeness (QED) is 0.640. The van der Waals surface area contributed by atoms with Gasteiger partial charge in [0.2, 0.25) is 11.8 Å². The second kappa shape index (κ2) is 10.5. The molecule has 1 atom stereocenters. The number of rotatable bonds is 8. The van der Waals surface area contributed by atoms with E-state index in [1.807, 2.05) is 6.92 Å². The lowest BCUT2D eigenvalue weighted by Gasteiger charge is -2.34. The fraction of sp³-hybridized carbons (Fsp3) is 0.522. The average molecular weight is 433 g/mol. The molecule has 1 aliphatic rings. The minimum absolute atomic E-state index is 0.00132. The summed E-state index contributed by atoms with van der Waals surface area (Å²) in [4.78, 5) is 20.7. The van der Waals surface area contributed by atoms with Gasteiger partial charge in [0.15, 0.2) is 0 Å². The molecule has 168 valence electrons. The summed E-state index contributed by atoms with van der Waals surface area (Å²) in [6.45, 7) is 2.05. The van der Waals surface area contributed by atoms with Crippen molar-refractivity contribution < 1.29 is 23.0 Å². The summed E-state index contributed by atoms with van der Waals surface area (Å²) < 4.78 is 37.4. The van der Waals surface area contributed by atoms with Crippen LogP contribution in [-0.2, 0) is 0 Å². The Kier molecular flexibility index (Phi) is 7.76. The molecule has 3 rings (SSSR count). The number of nitrogens with zero attached hydrogens (tertiary/aromatic N) is 2. The minimum atomic E-state index is -2.63. The van der Waals surface area contributed by atoms with E-state index in [0.717, 1.165) is 32.1 Å². The maximum atomic E-state index is 13.7. The van der Waals surface area contributed by atoms with Gasteiger partial charge in [-0.3, -0.25) is 4.79 Å². The zero-order valence-electron chi connectivity index (χ0n) is 18.1. The third kappa shape index (κ3) is 5.29. The van der Waals surface area contributed by atoms with Gasteiger partial charge in [0.25, 0.3) is 12.3 Å². The molecule has 8 heteroatoms. The Morgan fingerprint density at radius 1 is 1.13 bits per heavy atom. The number of ether oxygens (including phenoxy) is 2. The first-order valence-corrected chi connectivity index (χ1v) is 10.6. The summed E-state index contributed by atoms with van der Waals surface area (Å²) in [6, 6.07) is 5.06. The normalized spacial score (nSPS) is 19.7. The Morgan fingerprint density at radius 3 is 2.42 bits per heavy atom. The van der Waals surface area contributed by atoms with E-state index in [0.29, 0.717) is 22.9 Å². The number of hydrogen-bond acceptors (Lipinski definition) is 5. The van der Waals surface area contributed by atoms with Crippen molar-refractivity contribution in [3.05, 3.63) is 47.3 Å². The summed E-state index contributed by atoms with van der Waals surface area (Å²) in [6.07, 6.45) is 4.50. The van der Waals surface area contributed by atoms with Crippen molar-refractivity contribution in [2.75, 3.05) is 14.2 Å². The van der Waals surface area contributed by atoms with Crippen LogP contribution in [0.15, 0.2) is 30.6 Å². The second-order valence-electron chi connectivity index (χ2n) is 7.81. The van der Waals surface area contributed by atoms with Gasteiger partial charge >= 0.3 is 0 Å². The predicted molar refractivity (Wildman–Crippen MR) is 113 cm³/mol. The van der Waals surface area contributed by atoms with Crippen LogP contribution in [0.1, 0.15) is 72.9 Å². The monoisotopic (exact) mass is 433 g/mol. The van der Waals surface area contributed by atoms with E-state index in [2.05, 4.69) is 15.3 Å². The number of alkyl halides is 2. The maximum absolute atomic E-state index is 13.7. The largest absolute Gasteiger partial charge is 0.481 e. The third-order valence-electron chi connectivity index (χ3n) is 6.14. The van der Waals surface area contributed by atoms with Crippen LogP contribution in [0.3, 0.4) is 0 Å². The van der Waals surface area contributed by atoms with Crippen molar-refractivity contribution in [2.24, 2.45) is 5.92 Å². The summed E-state index contributed by atoms with van der Waals surface area (Å²) in [7, 11) is 2.89. The van der Waals surface area contributed by atoms with Gasteiger partial charge in [0, 0.05) is 24.5 Å². The zero-order valence-corrected chi connectivity index (χ0v) is 18.1. The molecule has 6 nitrogen and oxygen atoms in total. The number of halogens is 2. The number of amides is 1. The molecule has 2 aromatic heterocycles. The van der Waals surface area contributed by atoms with Gasteiger partial charge in [0.1, 0.15) is 0 Å². The SMILES string of the molecule is CC[C@@H](NC(=O)c1ccc(OC)nc1)[C@H]1CC[C@@H](c2ccnc(OC)c2C(F)F)CC1. The van der Waals surface area contributed by atoms with Crippen LogP contribution in [0.25, 0.3) is 0 Å². The van der Waals surface area contributed by atoms with Crippen LogP contribution in [0.4, 0.5) is 8.78 Å². The Morgan fingerprint density at radius 2 is 1.87 bits per heavy atom. The minimum Gasteiger partial charge on any atom is -0.481 e. The number of pyridine rings is 2. The first-order chi connectivity index (χ1) is 15.0. The molecule has 0 radical (unpaired) electrons. The molecule has 1 saturated carbocycles.